The summed E-state index contributed by atoms with van der Waals surface area (Å²) >= 11 is 1.37. The molecule has 0 aromatic rings. The van der Waals surface area contributed by atoms with Gasteiger partial charge in [-0.2, -0.15) is 0 Å². The molecule has 0 bridgehead atoms. The molecule has 112 valence electrons. The summed E-state index contributed by atoms with van der Waals surface area (Å²) in [5, 5.41) is 0. The molecule has 1 atom stereocenters. The number of hydrogen-bond donors (Lipinski definition) is 0. The molecule has 1 saturated heterocycles. The van der Waals surface area contributed by atoms with Crippen LogP contribution in [-0.2, 0) is 13.7 Å². The van der Waals surface area contributed by atoms with Crippen molar-refractivity contribution in [2.45, 2.75) is 45.3 Å². The van der Waals surface area contributed by atoms with Crippen LogP contribution in [0.25, 0.3) is 0 Å². The van der Waals surface area contributed by atoms with Gasteiger partial charge in [-0.1, -0.05) is 0 Å². The topological polar surface area (TPSA) is 48.0 Å². The van der Waals surface area contributed by atoms with E-state index in [0.717, 1.165) is 12.8 Å². The first-order valence-corrected chi connectivity index (χ1v) is 7.82. The van der Waals surface area contributed by atoms with Gasteiger partial charge >= 0.3 is 6.09 Å². The van der Waals surface area contributed by atoms with E-state index in [1.807, 2.05) is 27.0 Å². The number of rotatable bonds is 5. The van der Waals surface area contributed by atoms with Crippen LogP contribution >= 0.6 is 12.0 Å². The van der Waals surface area contributed by atoms with Crippen LogP contribution in [0.1, 0.15) is 33.6 Å². The normalized spacial score (nSPS) is 20.4. The first kappa shape index (κ1) is 16.6. The molecule has 5 nitrogen and oxygen atoms in total. The van der Waals surface area contributed by atoms with E-state index in [0.29, 0.717) is 26.3 Å². The third-order valence-electron chi connectivity index (χ3n) is 2.66. The minimum absolute atomic E-state index is 0.0896. The van der Waals surface area contributed by atoms with Crippen molar-refractivity contribution in [3.63, 3.8) is 0 Å². The molecule has 0 radical (unpaired) electrons. The second-order valence-electron chi connectivity index (χ2n) is 5.55. The lowest BCUT2D eigenvalue weighted by molar-refractivity contribution is -0.0456. The maximum Gasteiger partial charge on any atom is 0.410 e. The Morgan fingerprint density at radius 3 is 2.84 bits per heavy atom. The summed E-state index contributed by atoms with van der Waals surface area (Å²) in [5.74, 6) is 0. The lowest BCUT2D eigenvalue weighted by atomic mass is 10.1. The quantitative estimate of drug-likeness (QED) is 0.576. The number of carbonyl (C=O) groups excluding carboxylic acids is 1. The number of hydrogen-bond acceptors (Lipinski definition) is 5. The van der Waals surface area contributed by atoms with Crippen molar-refractivity contribution in [3.05, 3.63) is 0 Å². The standard InChI is InChI=1S/C13H25NO4S/c1-13(2,3)18-12(15)14-7-9-16-11(10-14)6-5-8-17-19-4/h11H,5-10H2,1-4H3/t11-/m1/s1. The van der Waals surface area contributed by atoms with Gasteiger partial charge in [-0.25, -0.2) is 4.79 Å². The predicted octanol–water partition coefficient (Wildman–Crippen LogP) is 2.70. The van der Waals surface area contributed by atoms with E-state index in [2.05, 4.69) is 0 Å². The molecule has 0 unspecified atom stereocenters. The van der Waals surface area contributed by atoms with Crippen molar-refractivity contribution in [1.29, 1.82) is 0 Å². The highest BCUT2D eigenvalue weighted by atomic mass is 32.2. The molecule has 1 aliphatic heterocycles. The number of morpholine rings is 1. The Kier molecular flexibility index (Phi) is 6.96. The fourth-order valence-corrected chi connectivity index (χ4v) is 2.12. The molecule has 1 amide bonds. The number of nitrogens with zero attached hydrogens (tertiary/aromatic N) is 1. The molecule has 0 aliphatic carbocycles. The summed E-state index contributed by atoms with van der Waals surface area (Å²) in [5.41, 5.74) is -0.447. The largest absolute Gasteiger partial charge is 0.444 e. The van der Waals surface area contributed by atoms with Crippen LogP contribution < -0.4 is 0 Å². The van der Waals surface area contributed by atoms with Crippen molar-refractivity contribution in [2.24, 2.45) is 0 Å². The van der Waals surface area contributed by atoms with E-state index in [1.54, 1.807) is 4.90 Å². The third kappa shape index (κ3) is 7.03. The lowest BCUT2D eigenvalue weighted by Crippen LogP contribution is -2.47. The molecule has 6 heteroatoms. The van der Waals surface area contributed by atoms with Gasteiger partial charge in [-0.3, -0.25) is 0 Å². The average Bonchev–Trinajstić information content (AvgIpc) is 2.33. The van der Waals surface area contributed by atoms with Gasteiger partial charge in [0.1, 0.15) is 5.60 Å². The first-order valence-electron chi connectivity index (χ1n) is 6.67. The Hall–Kier alpha value is -0.460. The molecule has 0 spiro atoms. The van der Waals surface area contributed by atoms with Crippen molar-refractivity contribution in [3.8, 4) is 0 Å². The molecular formula is C13H25NO4S. The van der Waals surface area contributed by atoms with Crippen LogP contribution in [0.4, 0.5) is 4.79 Å². The van der Waals surface area contributed by atoms with Crippen molar-refractivity contribution < 1.29 is 18.5 Å². The van der Waals surface area contributed by atoms with Gasteiger partial charge in [0.15, 0.2) is 0 Å². The van der Waals surface area contributed by atoms with Crippen molar-refractivity contribution in [2.75, 3.05) is 32.6 Å². The zero-order valence-electron chi connectivity index (χ0n) is 12.3. The summed E-state index contributed by atoms with van der Waals surface area (Å²) in [7, 11) is 0. The van der Waals surface area contributed by atoms with Crippen molar-refractivity contribution >= 4 is 18.1 Å². The molecule has 1 rings (SSSR count). The molecule has 0 N–H and O–H groups in total. The lowest BCUT2D eigenvalue weighted by Gasteiger charge is -2.34. The summed E-state index contributed by atoms with van der Waals surface area (Å²) in [6.45, 7) is 8.13. The average molecular weight is 291 g/mol. The number of carbonyl (C=O) groups is 1. The van der Waals surface area contributed by atoms with Gasteiger partial charge in [0.25, 0.3) is 0 Å². The maximum absolute atomic E-state index is 12.0. The molecule has 19 heavy (non-hydrogen) atoms. The molecule has 0 saturated carbocycles. The molecule has 0 aromatic carbocycles. The Morgan fingerprint density at radius 2 is 2.21 bits per heavy atom. The van der Waals surface area contributed by atoms with Gasteiger partial charge in [0, 0.05) is 12.8 Å². The van der Waals surface area contributed by atoms with E-state index in [1.165, 1.54) is 12.0 Å². The second-order valence-corrected chi connectivity index (χ2v) is 6.12. The van der Waals surface area contributed by atoms with E-state index >= 15 is 0 Å². The molecule has 0 aromatic heterocycles. The van der Waals surface area contributed by atoms with Gasteiger partial charge in [-0.15, -0.1) is 0 Å². The monoisotopic (exact) mass is 291 g/mol. The van der Waals surface area contributed by atoms with Crippen LogP contribution in [0.5, 0.6) is 0 Å². The summed E-state index contributed by atoms with van der Waals surface area (Å²) in [6.07, 6.45) is 3.59. The Labute approximate surface area is 120 Å². The van der Waals surface area contributed by atoms with Gasteiger partial charge < -0.3 is 18.6 Å². The fraction of sp³-hybridized carbons (Fsp3) is 0.923. The minimum Gasteiger partial charge on any atom is -0.444 e. The Morgan fingerprint density at radius 1 is 1.47 bits per heavy atom. The highest BCUT2D eigenvalue weighted by Gasteiger charge is 2.27. The zero-order valence-corrected chi connectivity index (χ0v) is 13.1. The van der Waals surface area contributed by atoms with Crippen LogP contribution in [0.3, 0.4) is 0 Å². The van der Waals surface area contributed by atoms with Gasteiger partial charge in [0.2, 0.25) is 0 Å². The Bertz CT molecular complexity index is 280. The van der Waals surface area contributed by atoms with Crippen LogP contribution in [-0.4, -0.2) is 55.3 Å². The predicted molar refractivity (Wildman–Crippen MR) is 76.2 cm³/mol. The molecule has 1 heterocycles. The zero-order chi connectivity index (χ0) is 14.3. The minimum atomic E-state index is -0.447. The first-order chi connectivity index (χ1) is 8.92. The van der Waals surface area contributed by atoms with Crippen LogP contribution in [0.2, 0.25) is 0 Å². The third-order valence-corrected chi connectivity index (χ3v) is 3.06. The smallest absolute Gasteiger partial charge is 0.410 e. The molecule has 1 aliphatic rings. The maximum atomic E-state index is 12.0. The van der Waals surface area contributed by atoms with Crippen molar-refractivity contribution in [1.82, 2.24) is 4.90 Å². The summed E-state index contributed by atoms with van der Waals surface area (Å²) < 4.78 is 16.2. The Balaban J connectivity index is 2.31. The van der Waals surface area contributed by atoms with E-state index in [-0.39, 0.29) is 12.2 Å². The van der Waals surface area contributed by atoms with Crippen LogP contribution in [0.15, 0.2) is 0 Å². The number of amides is 1. The van der Waals surface area contributed by atoms with Crippen LogP contribution in [0, 0.1) is 0 Å². The summed E-state index contributed by atoms with van der Waals surface area (Å²) in [4.78, 5) is 13.7. The SMILES string of the molecule is CSOCCC[C@@H]1CN(C(=O)OC(C)(C)C)CCO1. The highest BCUT2D eigenvalue weighted by Crippen LogP contribution is 2.15. The van der Waals surface area contributed by atoms with E-state index < -0.39 is 5.60 Å². The molecular weight excluding hydrogens is 266 g/mol. The summed E-state index contributed by atoms with van der Waals surface area (Å²) in [6, 6.07) is 0. The highest BCUT2D eigenvalue weighted by molar-refractivity contribution is 7.93. The number of ether oxygens (including phenoxy) is 2. The van der Waals surface area contributed by atoms with E-state index in [4.69, 9.17) is 13.7 Å². The van der Waals surface area contributed by atoms with Gasteiger partial charge in [0.05, 0.1) is 25.9 Å². The van der Waals surface area contributed by atoms with Gasteiger partial charge in [-0.05, 0) is 45.7 Å². The van der Waals surface area contributed by atoms with E-state index in [9.17, 15) is 4.79 Å². The fourth-order valence-electron chi connectivity index (χ4n) is 1.84. The molecule has 1 fully saturated rings. The second kappa shape index (κ2) is 7.97.